The molecular weight excluding hydrogens is 256 g/mol. The number of para-hydroxylation sites is 1. The van der Waals surface area contributed by atoms with Crippen molar-refractivity contribution in [1.29, 1.82) is 0 Å². The summed E-state index contributed by atoms with van der Waals surface area (Å²) in [5.74, 6) is -0.943. The van der Waals surface area contributed by atoms with E-state index in [0.717, 1.165) is 18.7 Å². The lowest BCUT2D eigenvalue weighted by Gasteiger charge is -2.19. The molecule has 1 aliphatic rings. The first-order chi connectivity index (χ1) is 9.56. The number of nitrogens with zero attached hydrogens (tertiary/aromatic N) is 1. The van der Waals surface area contributed by atoms with Crippen molar-refractivity contribution in [1.82, 2.24) is 5.32 Å². The number of carbonyl (C=O) groups excluding carboxylic acids is 1. The van der Waals surface area contributed by atoms with E-state index in [4.69, 9.17) is 5.11 Å². The minimum absolute atomic E-state index is 0.0534. The minimum atomic E-state index is -0.833. The molecule has 1 heterocycles. The van der Waals surface area contributed by atoms with Crippen molar-refractivity contribution >= 4 is 17.6 Å². The number of aliphatic carboxylic acids is 1. The first kappa shape index (κ1) is 14.4. The molecule has 1 amide bonds. The van der Waals surface area contributed by atoms with Crippen LogP contribution in [0.3, 0.4) is 0 Å². The van der Waals surface area contributed by atoms with Gasteiger partial charge in [-0.15, -0.1) is 0 Å². The summed E-state index contributed by atoms with van der Waals surface area (Å²) in [5, 5.41) is 11.5. The minimum Gasteiger partial charge on any atom is -0.481 e. The van der Waals surface area contributed by atoms with Crippen molar-refractivity contribution in [2.24, 2.45) is 5.92 Å². The topological polar surface area (TPSA) is 69.6 Å². The summed E-state index contributed by atoms with van der Waals surface area (Å²) < 4.78 is 0. The Morgan fingerprint density at radius 1 is 1.40 bits per heavy atom. The SMILES string of the molecule is CC(CNC(=O)CN1CCc2ccccc21)CC(=O)O. The molecule has 0 saturated carbocycles. The van der Waals surface area contributed by atoms with E-state index in [-0.39, 0.29) is 18.2 Å². The molecule has 1 aromatic rings. The molecule has 1 aromatic carbocycles. The number of hydrogen-bond donors (Lipinski definition) is 2. The lowest BCUT2D eigenvalue weighted by atomic mass is 10.1. The highest BCUT2D eigenvalue weighted by atomic mass is 16.4. The van der Waals surface area contributed by atoms with Crippen LogP contribution in [0.2, 0.25) is 0 Å². The Bertz CT molecular complexity index is 502. The summed E-state index contributed by atoms with van der Waals surface area (Å²) in [6.45, 7) is 3.41. The van der Waals surface area contributed by atoms with Gasteiger partial charge < -0.3 is 15.3 Å². The van der Waals surface area contributed by atoms with Crippen LogP contribution in [-0.4, -0.2) is 36.6 Å². The van der Waals surface area contributed by atoms with Crippen LogP contribution >= 0.6 is 0 Å². The van der Waals surface area contributed by atoms with E-state index in [1.165, 1.54) is 5.56 Å². The smallest absolute Gasteiger partial charge is 0.303 e. The van der Waals surface area contributed by atoms with E-state index in [9.17, 15) is 9.59 Å². The molecule has 0 aromatic heterocycles. The number of carboxylic acids is 1. The van der Waals surface area contributed by atoms with Gasteiger partial charge in [-0.2, -0.15) is 0 Å². The summed E-state index contributed by atoms with van der Waals surface area (Å²) in [6.07, 6.45) is 1.05. The average Bonchev–Trinajstić information content (AvgIpc) is 2.79. The van der Waals surface area contributed by atoms with Crippen LogP contribution in [0.25, 0.3) is 0 Å². The van der Waals surface area contributed by atoms with Crippen molar-refractivity contribution in [3.63, 3.8) is 0 Å². The van der Waals surface area contributed by atoms with Crippen LogP contribution in [0.1, 0.15) is 18.9 Å². The maximum absolute atomic E-state index is 11.9. The molecule has 1 unspecified atom stereocenters. The Kier molecular flexibility index (Phi) is 4.61. The first-order valence-electron chi connectivity index (χ1n) is 6.87. The fourth-order valence-corrected chi connectivity index (χ4v) is 2.46. The molecule has 2 rings (SSSR count). The Balaban J connectivity index is 1.80. The standard InChI is InChI=1S/C15H20N2O3/c1-11(8-15(19)20)9-16-14(18)10-17-7-6-12-4-2-3-5-13(12)17/h2-5,11H,6-10H2,1H3,(H,16,18)(H,19,20). The number of hydrogen-bond acceptors (Lipinski definition) is 3. The highest BCUT2D eigenvalue weighted by Gasteiger charge is 2.20. The van der Waals surface area contributed by atoms with Gasteiger partial charge in [0.1, 0.15) is 0 Å². The summed E-state index contributed by atoms with van der Waals surface area (Å²) in [7, 11) is 0. The first-order valence-corrected chi connectivity index (χ1v) is 6.87. The van der Waals surface area contributed by atoms with Crippen LogP contribution in [0, 0.1) is 5.92 Å². The molecule has 2 N–H and O–H groups in total. The van der Waals surface area contributed by atoms with Gasteiger partial charge in [-0.3, -0.25) is 9.59 Å². The van der Waals surface area contributed by atoms with Crippen LogP contribution in [-0.2, 0) is 16.0 Å². The highest BCUT2D eigenvalue weighted by molar-refractivity contribution is 5.82. The van der Waals surface area contributed by atoms with Gasteiger partial charge in [-0.25, -0.2) is 0 Å². The molecular formula is C15H20N2O3. The van der Waals surface area contributed by atoms with Crippen molar-refractivity contribution in [2.45, 2.75) is 19.8 Å². The third-order valence-electron chi connectivity index (χ3n) is 3.49. The third-order valence-corrected chi connectivity index (χ3v) is 3.49. The summed E-state index contributed by atoms with van der Waals surface area (Å²) >= 11 is 0. The molecule has 0 spiro atoms. The van der Waals surface area contributed by atoms with Gasteiger partial charge in [0.2, 0.25) is 5.91 Å². The summed E-state index contributed by atoms with van der Waals surface area (Å²) in [5.41, 5.74) is 2.40. The van der Waals surface area contributed by atoms with Gasteiger partial charge in [-0.1, -0.05) is 25.1 Å². The second-order valence-electron chi connectivity index (χ2n) is 5.31. The molecule has 0 radical (unpaired) electrons. The molecule has 0 aliphatic carbocycles. The molecule has 0 bridgehead atoms. The van der Waals surface area contributed by atoms with E-state index in [1.807, 2.05) is 25.1 Å². The number of fused-ring (bicyclic) bond motifs is 1. The second kappa shape index (κ2) is 6.41. The molecule has 108 valence electrons. The second-order valence-corrected chi connectivity index (χ2v) is 5.31. The number of carboxylic acid groups (broad SMARTS) is 1. The van der Waals surface area contributed by atoms with Crippen molar-refractivity contribution in [3.05, 3.63) is 29.8 Å². The van der Waals surface area contributed by atoms with E-state index >= 15 is 0 Å². The summed E-state index contributed by atoms with van der Waals surface area (Å²) in [4.78, 5) is 24.5. The number of anilines is 1. The zero-order valence-electron chi connectivity index (χ0n) is 11.6. The van der Waals surface area contributed by atoms with Crippen molar-refractivity contribution in [2.75, 3.05) is 24.5 Å². The van der Waals surface area contributed by atoms with E-state index in [2.05, 4.69) is 16.3 Å². The van der Waals surface area contributed by atoms with Crippen LogP contribution < -0.4 is 10.2 Å². The van der Waals surface area contributed by atoms with Crippen molar-refractivity contribution in [3.8, 4) is 0 Å². The molecule has 0 saturated heterocycles. The molecule has 5 heteroatoms. The fourth-order valence-electron chi connectivity index (χ4n) is 2.46. The van der Waals surface area contributed by atoms with Gasteiger partial charge in [0.15, 0.2) is 0 Å². The molecule has 1 aliphatic heterocycles. The number of carbonyl (C=O) groups is 2. The number of benzene rings is 1. The van der Waals surface area contributed by atoms with Crippen molar-refractivity contribution < 1.29 is 14.7 Å². The predicted molar refractivity (Wildman–Crippen MR) is 76.8 cm³/mol. The third kappa shape index (κ3) is 3.73. The van der Waals surface area contributed by atoms with Gasteiger partial charge >= 0.3 is 5.97 Å². The van der Waals surface area contributed by atoms with Gasteiger partial charge in [0.25, 0.3) is 0 Å². The number of nitrogens with one attached hydrogen (secondary N) is 1. The highest BCUT2D eigenvalue weighted by Crippen LogP contribution is 2.26. The number of rotatable bonds is 6. The maximum atomic E-state index is 11.9. The zero-order chi connectivity index (χ0) is 14.5. The van der Waals surface area contributed by atoms with E-state index in [1.54, 1.807) is 0 Å². The Hall–Kier alpha value is -2.04. The molecule has 5 nitrogen and oxygen atoms in total. The lowest BCUT2D eigenvalue weighted by molar-refractivity contribution is -0.138. The fraction of sp³-hybridized carbons (Fsp3) is 0.467. The lowest BCUT2D eigenvalue weighted by Crippen LogP contribution is -2.38. The van der Waals surface area contributed by atoms with Gasteiger partial charge in [-0.05, 0) is 24.0 Å². The Morgan fingerprint density at radius 2 is 2.15 bits per heavy atom. The van der Waals surface area contributed by atoms with Crippen LogP contribution in [0.15, 0.2) is 24.3 Å². The van der Waals surface area contributed by atoms with Crippen LogP contribution in [0.5, 0.6) is 0 Å². The molecule has 20 heavy (non-hydrogen) atoms. The van der Waals surface area contributed by atoms with Gasteiger partial charge in [0, 0.05) is 25.2 Å². The molecule has 1 atom stereocenters. The van der Waals surface area contributed by atoms with Gasteiger partial charge in [0.05, 0.1) is 6.54 Å². The normalized spacial score (nSPS) is 14.8. The zero-order valence-corrected chi connectivity index (χ0v) is 11.6. The average molecular weight is 276 g/mol. The Morgan fingerprint density at radius 3 is 2.90 bits per heavy atom. The predicted octanol–water partition coefficient (Wildman–Crippen LogP) is 1.28. The Labute approximate surface area is 118 Å². The largest absolute Gasteiger partial charge is 0.481 e. The molecule has 0 fully saturated rings. The van der Waals surface area contributed by atoms with E-state index in [0.29, 0.717) is 13.1 Å². The maximum Gasteiger partial charge on any atom is 0.303 e. The summed E-state index contributed by atoms with van der Waals surface area (Å²) in [6, 6.07) is 8.10. The quantitative estimate of drug-likeness (QED) is 0.821. The van der Waals surface area contributed by atoms with Crippen LogP contribution in [0.4, 0.5) is 5.69 Å². The monoisotopic (exact) mass is 276 g/mol. The number of amides is 1. The van der Waals surface area contributed by atoms with E-state index < -0.39 is 5.97 Å².